The number of anilines is 1. The van der Waals surface area contributed by atoms with Crippen LogP contribution < -0.4 is 19.7 Å². The van der Waals surface area contributed by atoms with Gasteiger partial charge in [-0.1, -0.05) is 0 Å². The molecule has 2 heterocycles. The molecule has 1 aromatic rings. The number of amides is 1. The Hall–Kier alpha value is -2.12. The van der Waals surface area contributed by atoms with Gasteiger partial charge in [-0.15, -0.1) is 4.98 Å². The molecule has 0 aromatic carbocycles. The summed E-state index contributed by atoms with van der Waals surface area (Å²) < 4.78 is 10.1. The average Bonchev–Trinajstić information content (AvgIpc) is 2.53. The third-order valence-corrected chi connectivity index (χ3v) is 3.53. The van der Waals surface area contributed by atoms with Crippen LogP contribution in [0.15, 0.2) is 0 Å². The molecule has 1 saturated heterocycles. The maximum absolute atomic E-state index is 12.0. The molecular formula is C14H23N5O3. The van der Waals surface area contributed by atoms with Crippen molar-refractivity contribution in [2.24, 2.45) is 5.92 Å². The number of carbonyl (C=O) groups excluding carboxylic acids is 1. The van der Waals surface area contributed by atoms with Crippen molar-refractivity contribution in [3.05, 3.63) is 0 Å². The second kappa shape index (κ2) is 7.24. The summed E-state index contributed by atoms with van der Waals surface area (Å²) in [4.78, 5) is 26.5. The highest BCUT2D eigenvalue weighted by Gasteiger charge is 2.27. The van der Waals surface area contributed by atoms with E-state index in [0.29, 0.717) is 19.0 Å². The minimum Gasteiger partial charge on any atom is -0.467 e. The third kappa shape index (κ3) is 3.96. The van der Waals surface area contributed by atoms with Gasteiger partial charge in [0.1, 0.15) is 0 Å². The first-order chi connectivity index (χ1) is 10.5. The zero-order valence-corrected chi connectivity index (χ0v) is 13.5. The molecule has 0 unspecified atom stereocenters. The topological polar surface area (TPSA) is 89.5 Å². The molecule has 2 rings (SSSR count). The molecule has 0 saturated carbocycles. The predicted molar refractivity (Wildman–Crippen MR) is 81.1 cm³/mol. The van der Waals surface area contributed by atoms with Crippen LogP contribution in [0.3, 0.4) is 0 Å². The number of nitrogens with zero attached hydrogens (tertiary/aromatic N) is 4. The molecule has 1 N–H and O–H groups in total. The fourth-order valence-corrected chi connectivity index (χ4v) is 2.40. The number of rotatable bonds is 5. The first-order valence-electron chi connectivity index (χ1n) is 7.43. The molecule has 1 aromatic heterocycles. The number of carbonyl (C=O) groups is 1. The lowest BCUT2D eigenvalue weighted by Gasteiger charge is -2.31. The van der Waals surface area contributed by atoms with Gasteiger partial charge in [-0.05, 0) is 26.7 Å². The monoisotopic (exact) mass is 309 g/mol. The van der Waals surface area contributed by atoms with E-state index in [0.717, 1.165) is 12.8 Å². The van der Waals surface area contributed by atoms with E-state index >= 15 is 0 Å². The van der Waals surface area contributed by atoms with Crippen LogP contribution >= 0.6 is 0 Å². The maximum Gasteiger partial charge on any atom is 0.324 e. The Morgan fingerprint density at radius 3 is 2.14 bits per heavy atom. The minimum absolute atomic E-state index is 0.0456. The van der Waals surface area contributed by atoms with Crippen LogP contribution in [0.25, 0.3) is 0 Å². The van der Waals surface area contributed by atoms with Crippen molar-refractivity contribution in [1.29, 1.82) is 0 Å². The molecular weight excluding hydrogens is 286 g/mol. The molecule has 22 heavy (non-hydrogen) atoms. The molecule has 1 amide bonds. The Balaban J connectivity index is 2.01. The van der Waals surface area contributed by atoms with Crippen LogP contribution in [0, 0.1) is 5.92 Å². The predicted octanol–water partition coefficient (Wildman–Crippen LogP) is 0.630. The van der Waals surface area contributed by atoms with Gasteiger partial charge in [0.25, 0.3) is 0 Å². The first-order valence-corrected chi connectivity index (χ1v) is 7.43. The zero-order chi connectivity index (χ0) is 16.1. The minimum atomic E-state index is 0.0456. The first kappa shape index (κ1) is 16.3. The standard InChI is InChI=1S/C14H23N5O3/c1-9(2)15-11(20)10-5-7-19(8-6-10)12-16-13(21-3)18-14(17-12)22-4/h9-10H,5-8H2,1-4H3,(H,15,20). The fourth-order valence-electron chi connectivity index (χ4n) is 2.40. The van der Waals surface area contributed by atoms with Gasteiger partial charge in [-0.2, -0.15) is 9.97 Å². The molecule has 0 spiro atoms. The Labute approximate surface area is 130 Å². The Bertz CT molecular complexity index is 493. The lowest BCUT2D eigenvalue weighted by atomic mass is 9.96. The van der Waals surface area contributed by atoms with E-state index in [-0.39, 0.29) is 29.9 Å². The van der Waals surface area contributed by atoms with Crippen LogP contribution in [0.4, 0.5) is 5.95 Å². The number of hydrogen-bond donors (Lipinski definition) is 1. The second-order valence-electron chi connectivity index (χ2n) is 5.53. The number of aromatic nitrogens is 3. The summed E-state index contributed by atoms with van der Waals surface area (Å²) >= 11 is 0. The summed E-state index contributed by atoms with van der Waals surface area (Å²) in [5, 5.41) is 2.96. The second-order valence-corrected chi connectivity index (χ2v) is 5.53. The van der Waals surface area contributed by atoms with Gasteiger partial charge in [-0.3, -0.25) is 4.79 Å². The van der Waals surface area contributed by atoms with Gasteiger partial charge < -0.3 is 19.7 Å². The maximum atomic E-state index is 12.0. The van der Waals surface area contributed by atoms with Crippen molar-refractivity contribution < 1.29 is 14.3 Å². The summed E-state index contributed by atoms with van der Waals surface area (Å²) in [5.74, 6) is 0.691. The van der Waals surface area contributed by atoms with Crippen molar-refractivity contribution in [3.63, 3.8) is 0 Å². The van der Waals surface area contributed by atoms with Crippen molar-refractivity contribution in [2.75, 3.05) is 32.2 Å². The quantitative estimate of drug-likeness (QED) is 0.853. The summed E-state index contributed by atoms with van der Waals surface area (Å²) in [6.45, 7) is 5.37. The van der Waals surface area contributed by atoms with Gasteiger partial charge in [0.15, 0.2) is 0 Å². The molecule has 8 nitrogen and oxygen atoms in total. The lowest BCUT2D eigenvalue weighted by Crippen LogP contribution is -2.43. The largest absolute Gasteiger partial charge is 0.467 e. The van der Waals surface area contributed by atoms with Gasteiger partial charge >= 0.3 is 12.0 Å². The lowest BCUT2D eigenvalue weighted by molar-refractivity contribution is -0.126. The van der Waals surface area contributed by atoms with Crippen molar-refractivity contribution in [3.8, 4) is 12.0 Å². The molecule has 0 bridgehead atoms. The molecule has 1 aliphatic rings. The number of ether oxygens (including phenoxy) is 2. The third-order valence-electron chi connectivity index (χ3n) is 3.53. The van der Waals surface area contributed by atoms with Crippen molar-refractivity contribution >= 4 is 11.9 Å². The van der Waals surface area contributed by atoms with Crippen LogP contribution in [-0.4, -0.2) is 54.2 Å². The molecule has 1 aliphatic heterocycles. The van der Waals surface area contributed by atoms with E-state index in [1.807, 2.05) is 18.7 Å². The number of methoxy groups -OCH3 is 2. The Morgan fingerprint density at radius 2 is 1.68 bits per heavy atom. The smallest absolute Gasteiger partial charge is 0.324 e. The van der Waals surface area contributed by atoms with Gasteiger partial charge in [-0.25, -0.2) is 0 Å². The Morgan fingerprint density at radius 1 is 1.14 bits per heavy atom. The number of hydrogen-bond acceptors (Lipinski definition) is 7. The molecule has 1 fully saturated rings. The average molecular weight is 309 g/mol. The van der Waals surface area contributed by atoms with E-state index in [9.17, 15) is 4.79 Å². The number of nitrogens with one attached hydrogen (secondary N) is 1. The van der Waals surface area contributed by atoms with Gasteiger partial charge in [0.2, 0.25) is 11.9 Å². The van der Waals surface area contributed by atoms with Gasteiger partial charge in [0.05, 0.1) is 14.2 Å². The van der Waals surface area contributed by atoms with Crippen LogP contribution in [0.1, 0.15) is 26.7 Å². The van der Waals surface area contributed by atoms with Gasteiger partial charge in [0, 0.05) is 25.0 Å². The molecule has 122 valence electrons. The highest BCUT2D eigenvalue weighted by Crippen LogP contribution is 2.23. The van der Waals surface area contributed by atoms with E-state index in [1.165, 1.54) is 14.2 Å². The molecule has 8 heteroatoms. The molecule has 0 aliphatic carbocycles. The number of piperidine rings is 1. The van der Waals surface area contributed by atoms with Crippen LogP contribution in [0.5, 0.6) is 12.0 Å². The summed E-state index contributed by atoms with van der Waals surface area (Å²) in [6, 6.07) is 0.616. The highest BCUT2D eigenvalue weighted by molar-refractivity contribution is 5.79. The summed E-state index contributed by atoms with van der Waals surface area (Å²) in [7, 11) is 3.00. The van der Waals surface area contributed by atoms with E-state index in [4.69, 9.17) is 9.47 Å². The van der Waals surface area contributed by atoms with Crippen LogP contribution in [0.2, 0.25) is 0 Å². The zero-order valence-electron chi connectivity index (χ0n) is 13.5. The van der Waals surface area contributed by atoms with E-state index in [1.54, 1.807) is 0 Å². The summed E-state index contributed by atoms with van der Waals surface area (Å²) in [5.41, 5.74) is 0. The van der Waals surface area contributed by atoms with E-state index < -0.39 is 0 Å². The highest BCUT2D eigenvalue weighted by atomic mass is 16.5. The van der Waals surface area contributed by atoms with Crippen molar-refractivity contribution in [2.45, 2.75) is 32.7 Å². The molecule has 0 radical (unpaired) electrons. The summed E-state index contributed by atoms with van der Waals surface area (Å²) in [6.07, 6.45) is 1.55. The Kier molecular flexibility index (Phi) is 5.35. The van der Waals surface area contributed by atoms with Crippen LogP contribution in [-0.2, 0) is 4.79 Å². The molecule has 0 atom stereocenters. The normalized spacial score (nSPS) is 15.8. The van der Waals surface area contributed by atoms with Crippen molar-refractivity contribution in [1.82, 2.24) is 20.3 Å². The fraction of sp³-hybridized carbons (Fsp3) is 0.714. The van der Waals surface area contributed by atoms with E-state index in [2.05, 4.69) is 20.3 Å². The SMILES string of the molecule is COc1nc(OC)nc(N2CCC(C(=O)NC(C)C)CC2)n1.